The number of nitrogens with two attached hydrogens (primary N) is 1. The van der Waals surface area contributed by atoms with E-state index in [1.165, 1.54) is 4.70 Å². The Bertz CT molecular complexity index is 501. The number of benzene rings is 1. The molecule has 2 rings (SSSR count). The van der Waals surface area contributed by atoms with Crippen LogP contribution in [0.1, 0.15) is 12.5 Å². The number of hydrogen-bond acceptors (Lipinski definition) is 3. The predicted octanol–water partition coefficient (Wildman–Crippen LogP) is 3.49. The second-order valence-corrected chi connectivity index (χ2v) is 4.28. The Kier molecular flexibility index (Phi) is 2.64. The summed E-state index contributed by atoms with van der Waals surface area (Å²) in [5.41, 5.74) is 6.90. The molecule has 78 valence electrons. The number of rotatable bonds is 3. The largest absolute Gasteiger partial charge is 0.494 e. The second kappa shape index (κ2) is 3.95. The fraction of sp³-hybridized carbons (Fsp3) is 0.167. The van der Waals surface area contributed by atoms with Gasteiger partial charge in [0.05, 0.1) is 17.2 Å². The molecule has 0 aliphatic carbocycles. The minimum Gasteiger partial charge on any atom is -0.494 e. The van der Waals surface area contributed by atoms with Crippen LogP contribution in [0.2, 0.25) is 0 Å². The van der Waals surface area contributed by atoms with Crippen LogP contribution in [0.3, 0.4) is 0 Å². The maximum atomic E-state index is 5.96. The molecule has 3 heteroatoms. The average Bonchev–Trinajstić information content (AvgIpc) is 2.54. The normalized spacial score (nSPS) is 10.5. The van der Waals surface area contributed by atoms with Gasteiger partial charge in [-0.25, -0.2) is 0 Å². The summed E-state index contributed by atoms with van der Waals surface area (Å²) in [6.07, 6.45) is 0. The Hall–Kier alpha value is -1.48. The van der Waals surface area contributed by atoms with Gasteiger partial charge in [0.25, 0.3) is 0 Å². The highest BCUT2D eigenvalue weighted by atomic mass is 32.1. The number of hydrogen-bond donors (Lipinski definition) is 1. The molecule has 2 nitrogen and oxygen atoms in total. The van der Waals surface area contributed by atoms with Crippen molar-refractivity contribution in [3.05, 3.63) is 36.4 Å². The highest BCUT2D eigenvalue weighted by molar-refractivity contribution is 7.23. The minimum atomic E-state index is 0.614. The molecule has 1 aromatic heterocycles. The molecule has 0 spiro atoms. The van der Waals surface area contributed by atoms with Crippen molar-refractivity contribution in [1.29, 1.82) is 0 Å². The molecule has 2 N–H and O–H groups in total. The molecule has 0 amide bonds. The van der Waals surface area contributed by atoms with Crippen LogP contribution in [0.5, 0.6) is 0 Å². The van der Waals surface area contributed by atoms with E-state index in [0.29, 0.717) is 12.4 Å². The zero-order valence-electron chi connectivity index (χ0n) is 8.62. The molecule has 15 heavy (non-hydrogen) atoms. The third-order valence-electron chi connectivity index (χ3n) is 2.22. The first-order chi connectivity index (χ1) is 7.24. The number of ether oxygens (including phenoxy) is 1. The standard InChI is InChI=1S/C12H13NOS/c1-3-14-8(2)11-9-6-4-5-7-10(9)15-12(11)13/h4-7H,2-3,13H2,1H3. The molecule has 0 saturated heterocycles. The van der Waals surface area contributed by atoms with Gasteiger partial charge in [0, 0.05) is 10.1 Å². The van der Waals surface area contributed by atoms with Crippen molar-refractivity contribution in [2.45, 2.75) is 6.92 Å². The van der Waals surface area contributed by atoms with Gasteiger partial charge >= 0.3 is 0 Å². The quantitative estimate of drug-likeness (QED) is 0.802. The maximum absolute atomic E-state index is 5.96. The predicted molar refractivity (Wildman–Crippen MR) is 66.9 cm³/mol. The zero-order valence-corrected chi connectivity index (χ0v) is 9.43. The van der Waals surface area contributed by atoms with E-state index in [1.54, 1.807) is 11.3 Å². The lowest BCUT2D eigenvalue weighted by molar-refractivity contribution is 0.300. The molecular weight excluding hydrogens is 206 g/mol. The van der Waals surface area contributed by atoms with E-state index in [0.717, 1.165) is 16.0 Å². The van der Waals surface area contributed by atoms with Crippen LogP contribution in [0, 0.1) is 0 Å². The molecule has 0 saturated carbocycles. The van der Waals surface area contributed by atoms with Crippen molar-refractivity contribution in [1.82, 2.24) is 0 Å². The monoisotopic (exact) mass is 219 g/mol. The van der Waals surface area contributed by atoms with Crippen molar-refractivity contribution in [2.24, 2.45) is 0 Å². The summed E-state index contributed by atoms with van der Waals surface area (Å²) < 4.78 is 6.58. The molecule has 0 aliphatic rings. The van der Waals surface area contributed by atoms with Crippen molar-refractivity contribution >= 4 is 32.2 Å². The lowest BCUT2D eigenvalue weighted by Crippen LogP contribution is -1.92. The molecular formula is C12H13NOS. The topological polar surface area (TPSA) is 35.2 Å². The lowest BCUT2D eigenvalue weighted by Gasteiger charge is -2.06. The summed E-state index contributed by atoms with van der Waals surface area (Å²) in [6.45, 7) is 6.46. The molecule has 2 aromatic rings. The highest BCUT2D eigenvalue weighted by Gasteiger charge is 2.12. The summed E-state index contributed by atoms with van der Waals surface area (Å²) in [4.78, 5) is 0. The lowest BCUT2D eigenvalue weighted by atomic mass is 10.1. The number of nitrogen functional groups attached to an aromatic ring is 1. The van der Waals surface area contributed by atoms with Crippen molar-refractivity contribution in [3.8, 4) is 0 Å². The van der Waals surface area contributed by atoms with Gasteiger partial charge in [-0.2, -0.15) is 0 Å². The summed E-state index contributed by atoms with van der Waals surface area (Å²) >= 11 is 1.57. The third kappa shape index (κ3) is 1.70. The number of fused-ring (bicyclic) bond motifs is 1. The number of anilines is 1. The van der Waals surface area contributed by atoms with Gasteiger partial charge < -0.3 is 10.5 Å². The summed E-state index contributed by atoms with van der Waals surface area (Å²) in [7, 11) is 0. The van der Waals surface area contributed by atoms with Crippen LogP contribution >= 0.6 is 11.3 Å². The first kappa shape index (κ1) is 10.1. The van der Waals surface area contributed by atoms with Gasteiger partial charge in [-0.1, -0.05) is 24.8 Å². The van der Waals surface area contributed by atoms with Gasteiger partial charge in [-0.05, 0) is 13.0 Å². The van der Waals surface area contributed by atoms with E-state index in [2.05, 4.69) is 12.6 Å². The molecule has 1 heterocycles. The SMILES string of the molecule is C=C(OCC)c1c(N)sc2ccccc12. The van der Waals surface area contributed by atoms with Crippen LogP contribution in [-0.4, -0.2) is 6.61 Å². The fourth-order valence-corrected chi connectivity index (χ4v) is 2.59. The summed E-state index contributed by atoms with van der Waals surface area (Å²) in [5, 5.41) is 1.90. The van der Waals surface area contributed by atoms with Crippen LogP contribution in [0.4, 0.5) is 5.00 Å². The molecule has 0 atom stereocenters. The number of thiophene rings is 1. The van der Waals surface area contributed by atoms with Crippen molar-refractivity contribution in [3.63, 3.8) is 0 Å². The Morgan fingerprint density at radius 1 is 1.47 bits per heavy atom. The van der Waals surface area contributed by atoms with Crippen LogP contribution in [0.25, 0.3) is 15.8 Å². The first-order valence-corrected chi connectivity index (χ1v) is 5.64. The molecule has 1 aromatic carbocycles. The summed E-state index contributed by atoms with van der Waals surface area (Å²) in [6, 6.07) is 8.10. The highest BCUT2D eigenvalue weighted by Crippen LogP contribution is 2.37. The Morgan fingerprint density at radius 2 is 2.20 bits per heavy atom. The average molecular weight is 219 g/mol. The molecule has 0 fully saturated rings. The summed E-state index contributed by atoms with van der Waals surface area (Å²) in [5.74, 6) is 0.660. The molecule has 0 radical (unpaired) electrons. The molecule has 0 unspecified atom stereocenters. The third-order valence-corrected chi connectivity index (χ3v) is 3.22. The molecule has 0 bridgehead atoms. The van der Waals surface area contributed by atoms with Crippen LogP contribution < -0.4 is 5.73 Å². The Morgan fingerprint density at radius 3 is 2.93 bits per heavy atom. The van der Waals surface area contributed by atoms with E-state index < -0.39 is 0 Å². The van der Waals surface area contributed by atoms with Gasteiger partial charge in [0.1, 0.15) is 5.76 Å². The van der Waals surface area contributed by atoms with E-state index in [4.69, 9.17) is 10.5 Å². The van der Waals surface area contributed by atoms with Crippen LogP contribution in [-0.2, 0) is 4.74 Å². The maximum Gasteiger partial charge on any atom is 0.122 e. The van der Waals surface area contributed by atoms with Gasteiger partial charge in [-0.3, -0.25) is 0 Å². The zero-order chi connectivity index (χ0) is 10.8. The smallest absolute Gasteiger partial charge is 0.122 e. The first-order valence-electron chi connectivity index (χ1n) is 4.83. The van der Waals surface area contributed by atoms with Crippen molar-refractivity contribution in [2.75, 3.05) is 12.3 Å². The van der Waals surface area contributed by atoms with Gasteiger partial charge in [-0.15, -0.1) is 11.3 Å². The fourth-order valence-electron chi connectivity index (χ4n) is 1.60. The van der Waals surface area contributed by atoms with Gasteiger partial charge in [0.2, 0.25) is 0 Å². The van der Waals surface area contributed by atoms with E-state index in [1.807, 2.05) is 25.1 Å². The van der Waals surface area contributed by atoms with Crippen molar-refractivity contribution < 1.29 is 4.74 Å². The van der Waals surface area contributed by atoms with E-state index in [9.17, 15) is 0 Å². The van der Waals surface area contributed by atoms with Crippen LogP contribution in [0.15, 0.2) is 30.8 Å². The second-order valence-electron chi connectivity index (χ2n) is 3.19. The Balaban J connectivity index is 2.58. The van der Waals surface area contributed by atoms with E-state index >= 15 is 0 Å². The van der Waals surface area contributed by atoms with E-state index in [-0.39, 0.29) is 0 Å². The molecule has 0 aliphatic heterocycles. The minimum absolute atomic E-state index is 0.614. The Labute approximate surface area is 93.0 Å². The van der Waals surface area contributed by atoms with Gasteiger partial charge in [0.15, 0.2) is 0 Å².